The van der Waals surface area contributed by atoms with Crippen LogP contribution in [0, 0.1) is 0 Å². The van der Waals surface area contributed by atoms with Gasteiger partial charge in [0.05, 0.1) is 18.0 Å². The van der Waals surface area contributed by atoms with Gasteiger partial charge in [-0.05, 0) is 6.92 Å². The maximum Gasteiger partial charge on any atom is 0.290 e. The Morgan fingerprint density at radius 1 is 1.14 bits per heavy atom. The molecule has 21 heavy (non-hydrogen) atoms. The lowest BCUT2D eigenvalue weighted by Crippen LogP contribution is -2.27. The largest absolute Gasteiger partial charge is 0.392 e. The number of hydrogen-bond donors (Lipinski definition) is 1. The van der Waals surface area contributed by atoms with Crippen LogP contribution in [0.2, 0.25) is 0 Å². The predicted molar refractivity (Wildman–Crippen MR) is 83.9 cm³/mol. The Morgan fingerprint density at radius 2 is 1.76 bits per heavy atom. The Balaban J connectivity index is 2.56. The van der Waals surface area contributed by atoms with Crippen molar-refractivity contribution in [2.75, 3.05) is 17.7 Å². The number of nitrogens with two attached hydrogens (primary N) is 1. The van der Waals surface area contributed by atoms with Gasteiger partial charge < -0.3 is 5.73 Å². The average Bonchev–Trinajstić information content (AvgIpc) is 2.68. The summed E-state index contributed by atoms with van der Waals surface area (Å²) in [7, 11) is -3.15. The van der Waals surface area contributed by atoms with E-state index < -0.39 is 9.84 Å². The maximum absolute atomic E-state index is 12.3. The fourth-order valence-electron chi connectivity index (χ4n) is 2.31. The average molecular weight is 309 g/mol. The molecule has 0 bridgehead atoms. The van der Waals surface area contributed by atoms with Gasteiger partial charge in [0, 0.05) is 18.4 Å². The van der Waals surface area contributed by atoms with Crippen molar-refractivity contribution in [1.29, 1.82) is 0 Å². The lowest BCUT2D eigenvalue weighted by molar-refractivity contribution is 0.479. The molecule has 0 radical (unpaired) electrons. The van der Waals surface area contributed by atoms with Crippen LogP contribution < -0.4 is 11.3 Å². The van der Waals surface area contributed by atoms with Crippen molar-refractivity contribution in [2.24, 2.45) is 0 Å². The van der Waals surface area contributed by atoms with Crippen LogP contribution in [0.3, 0.4) is 0 Å². The summed E-state index contributed by atoms with van der Waals surface area (Å²) in [5.41, 5.74) is 7.22. The van der Waals surface area contributed by atoms with Crippen LogP contribution in [0.25, 0.3) is 11.3 Å². The molecule has 6 nitrogen and oxygen atoms in total. The summed E-state index contributed by atoms with van der Waals surface area (Å²) < 4.78 is 25.8. The second-order valence-electron chi connectivity index (χ2n) is 4.90. The molecule has 114 valence electrons. The minimum Gasteiger partial charge on any atom is -0.392 e. The van der Waals surface area contributed by atoms with Crippen LogP contribution >= 0.6 is 0 Å². The molecule has 1 aromatic heterocycles. The SMILES string of the molecule is CCn1c(-c2ccccc2)c(N)c(=O)n1CCS(C)(=O)=O. The molecule has 0 saturated heterocycles. The Morgan fingerprint density at radius 3 is 2.29 bits per heavy atom. The van der Waals surface area contributed by atoms with E-state index in [0.717, 1.165) is 11.8 Å². The quantitative estimate of drug-likeness (QED) is 0.891. The van der Waals surface area contributed by atoms with E-state index in [-0.39, 0.29) is 23.5 Å². The van der Waals surface area contributed by atoms with Gasteiger partial charge in [-0.15, -0.1) is 0 Å². The maximum atomic E-state index is 12.3. The smallest absolute Gasteiger partial charge is 0.290 e. The summed E-state index contributed by atoms with van der Waals surface area (Å²) in [6.45, 7) is 2.52. The van der Waals surface area contributed by atoms with Crippen molar-refractivity contribution in [3.05, 3.63) is 40.7 Å². The van der Waals surface area contributed by atoms with Crippen LogP contribution in [0.15, 0.2) is 35.1 Å². The molecule has 0 saturated carbocycles. The molecule has 0 atom stereocenters. The van der Waals surface area contributed by atoms with Gasteiger partial charge in [-0.3, -0.25) is 9.48 Å². The van der Waals surface area contributed by atoms with Gasteiger partial charge in [0.25, 0.3) is 5.56 Å². The summed E-state index contributed by atoms with van der Waals surface area (Å²) >= 11 is 0. The summed E-state index contributed by atoms with van der Waals surface area (Å²) in [5, 5.41) is 0. The number of benzene rings is 1. The third-order valence-electron chi connectivity index (χ3n) is 3.29. The molecule has 0 fully saturated rings. The Bertz CT molecular complexity index is 789. The summed E-state index contributed by atoms with van der Waals surface area (Å²) in [5.74, 6) is -0.0927. The van der Waals surface area contributed by atoms with Gasteiger partial charge in [0.15, 0.2) is 0 Å². The molecule has 2 aromatic rings. The van der Waals surface area contributed by atoms with Gasteiger partial charge in [-0.1, -0.05) is 30.3 Å². The number of anilines is 1. The van der Waals surface area contributed by atoms with E-state index in [1.54, 1.807) is 4.68 Å². The molecule has 2 N–H and O–H groups in total. The van der Waals surface area contributed by atoms with Crippen LogP contribution in [-0.4, -0.2) is 29.8 Å². The number of nitrogen functional groups attached to an aromatic ring is 1. The third-order valence-corrected chi connectivity index (χ3v) is 4.21. The number of hydrogen-bond acceptors (Lipinski definition) is 4. The second-order valence-corrected chi connectivity index (χ2v) is 7.16. The molecule has 0 amide bonds. The molecular weight excluding hydrogens is 290 g/mol. The summed E-state index contributed by atoms with van der Waals surface area (Å²) in [4.78, 5) is 12.3. The van der Waals surface area contributed by atoms with E-state index in [1.165, 1.54) is 4.68 Å². The zero-order valence-corrected chi connectivity index (χ0v) is 12.9. The van der Waals surface area contributed by atoms with Crippen LogP contribution in [-0.2, 0) is 22.9 Å². The highest BCUT2D eigenvalue weighted by Crippen LogP contribution is 2.24. The normalized spacial score (nSPS) is 11.7. The molecular formula is C14H19N3O3S. The fourth-order valence-corrected chi connectivity index (χ4v) is 2.82. The lowest BCUT2D eigenvalue weighted by atomic mass is 10.1. The monoisotopic (exact) mass is 309 g/mol. The summed E-state index contributed by atoms with van der Waals surface area (Å²) in [6.07, 6.45) is 1.15. The Kier molecular flexibility index (Phi) is 4.22. The topological polar surface area (TPSA) is 87.1 Å². The number of rotatable bonds is 5. The van der Waals surface area contributed by atoms with E-state index >= 15 is 0 Å². The van der Waals surface area contributed by atoms with Crippen LogP contribution in [0.4, 0.5) is 5.69 Å². The zero-order chi connectivity index (χ0) is 15.6. The summed E-state index contributed by atoms with van der Waals surface area (Å²) in [6, 6.07) is 9.37. The molecule has 1 heterocycles. The highest BCUT2D eigenvalue weighted by atomic mass is 32.2. The minimum absolute atomic E-state index is 0.0927. The fraction of sp³-hybridized carbons (Fsp3) is 0.357. The van der Waals surface area contributed by atoms with E-state index in [2.05, 4.69) is 0 Å². The number of sulfone groups is 1. The first-order valence-corrected chi connectivity index (χ1v) is 8.73. The minimum atomic E-state index is -3.15. The second kappa shape index (κ2) is 5.77. The first kappa shape index (κ1) is 15.4. The molecule has 0 aliphatic carbocycles. The third kappa shape index (κ3) is 3.18. The molecule has 1 aromatic carbocycles. The van der Waals surface area contributed by atoms with Crippen molar-refractivity contribution < 1.29 is 8.42 Å². The van der Waals surface area contributed by atoms with Gasteiger partial charge >= 0.3 is 0 Å². The van der Waals surface area contributed by atoms with Crippen LogP contribution in [0.1, 0.15) is 6.92 Å². The van der Waals surface area contributed by atoms with E-state index in [0.29, 0.717) is 12.2 Å². The van der Waals surface area contributed by atoms with Crippen molar-refractivity contribution >= 4 is 15.5 Å². The van der Waals surface area contributed by atoms with Gasteiger partial charge in [-0.2, -0.15) is 0 Å². The van der Waals surface area contributed by atoms with Crippen molar-refractivity contribution in [2.45, 2.75) is 20.0 Å². The molecule has 2 rings (SSSR count). The highest BCUT2D eigenvalue weighted by molar-refractivity contribution is 7.90. The number of aromatic nitrogens is 2. The zero-order valence-electron chi connectivity index (χ0n) is 12.1. The molecule has 0 spiro atoms. The van der Waals surface area contributed by atoms with E-state index in [1.807, 2.05) is 37.3 Å². The van der Waals surface area contributed by atoms with E-state index in [9.17, 15) is 13.2 Å². The molecule has 0 aliphatic rings. The van der Waals surface area contributed by atoms with Gasteiger partial charge in [0.2, 0.25) is 0 Å². The first-order valence-electron chi connectivity index (χ1n) is 6.67. The Labute approximate surface area is 123 Å². The van der Waals surface area contributed by atoms with Crippen LogP contribution in [0.5, 0.6) is 0 Å². The van der Waals surface area contributed by atoms with Gasteiger partial charge in [0.1, 0.15) is 15.5 Å². The lowest BCUT2D eigenvalue weighted by Gasteiger charge is -2.12. The van der Waals surface area contributed by atoms with Crippen molar-refractivity contribution in [3.63, 3.8) is 0 Å². The van der Waals surface area contributed by atoms with E-state index in [4.69, 9.17) is 5.73 Å². The molecule has 0 unspecified atom stereocenters. The first-order chi connectivity index (χ1) is 9.85. The standard InChI is InChI=1S/C14H19N3O3S/c1-3-16-13(11-7-5-4-6-8-11)12(15)14(18)17(16)9-10-21(2,19)20/h4-8H,3,9-10,15H2,1-2H3. The predicted octanol–water partition coefficient (Wildman–Crippen LogP) is 0.964. The van der Waals surface area contributed by atoms with Gasteiger partial charge in [-0.25, -0.2) is 13.1 Å². The Hall–Kier alpha value is -2.02. The van der Waals surface area contributed by atoms with Crippen molar-refractivity contribution in [3.8, 4) is 11.3 Å². The molecule has 0 aliphatic heterocycles. The number of nitrogens with zero attached hydrogens (tertiary/aromatic N) is 2. The molecule has 7 heteroatoms. The van der Waals surface area contributed by atoms with Crippen molar-refractivity contribution in [1.82, 2.24) is 9.36 Å². The highest BCUT2D eigenvalue weighted by Gasteiger charge is 2.18.